The molecule has 0 aliphatic carbocycles. The molecule has 0 aromatic rings. The number of carboxylic acids is 2. The lowest BCUT2D eigenvalue weighted by Gasteiger charge is -2.26. The Morgan fingerprint density at radius 1 is 0.463 bits per heavy atom. The number of hydrogen-bond acceptors (Lipinski definition) is 21. The second-order valence-electron chi connectivity index (χ2n) is 17.1. The molecule has 0 rings (SSSR count). The number of likely N-dealkylation sites (N-methyl/N-ethyl adjacent to an activating group) is 1. The van der Waals surface area contributed by atoms with Crippen LogP contribution in [0.15, 0.2) is 0 Å². The quantitative estimate of drug-likeness (QED) is 0.0252. The molecule has 456 valence electrons. The average molecular weight is 1150 g/mol. The molecule has 11 amide bonds. The summed E-state index contributed by atoms with van der Waals surface area (Å²) in [5.41, 5.74) is 5.25. The molecule has 0 aromatic heterocycles. The van der Waals surface area contributed by atoms with Crippen molar-refractivity contribution in [1.82, 2.24) is 58.1 Å². The monoisotopic (exact) mass is 1150 g/mol. The molecule has 80 heavy (non-hydrogen) atoms. The zero-order valence-corrected chi connectivity index (χ0v) is 45.2. The molecule has 0 heterocycles. The number of hydrogen-bond donors (Lipinski definition) is 15. The van der Waals surface area contributed by atoms with Crippen LogP contribution in [-0.4, -0.2) is 265 Å². The van der Waals surface area contributed by atoms with Crippen LogP contribution in [0, 0.1) is 0 Å². The highest BCUT2D eigenvalue weighted by molar-refractivity contribution is 5.97. The van der Waals surface area contributed by atoms with Crippen LogP contribution in [0.25, 0.3) is 0 Å². The van der Waals surface area contributed by atoms with E-state index in [1.54, 1.807) is 0 Å². The Morgan fingerprint density at radius 2 is 0.900 bits per heavy atom. The van der Waals surface area contributed by atoms with Gasteiger partial charge in [-0.1, -0.05) is 26.7 Å². The number of aliphatic hydroxyl groups excluding tert-OH is 2. The molecule has 34 heteroatoms. The average Bonchev–Trinajstić information content (AvgIpc) is 3.40. The topological polar surface area (TPSA) is 499 Å². The van der Waals surface area contributed by atoms with Crippen LogP contribution in [0.2, 0.25) is 0 Å². The van der Waals surface area contributed by atoms with Crippen molar-refractivity contribution in [3.63, 3.8) is 0 Å². The van der Waals surface area contributed by atoms with Gasteiger partial charge in [0.25, 0.3) is 0 Å². The van der Waals surface area contributed by atoms with Crippen LogP contribution in [-0.2, 0) is 86.0 Å². The number of aliphatic hydroxyl groups is 2. The Kier molecular flexibility index (Phi) is 40.6. The van der Waals surface area contributed by atoms with E-state index < -0.39 is 167 Å². The molecule has 0 bridgehead atoms. The molecule has 0 fully saturated rings. The predicted molar refractivity (Wildman–Crippen MR) is 274 cm³/mol. The highest BCUT2D eigenvalue weighted by Gasteiger charge is 2.33. The van der Waals surface area contributed by atoms with E-state index in [-0.39, 0.29) is 71.7 Å². The van der Waals surface area contributed by atoms with Crippen molar-refractivity contribution < 1.29 is 106 Å². The number of carbonyl (C=O) groups excluding carboxylic acids is 11. The Labute approximate surface area is 461 Å². The van der Waals surface area contributed by atoms with Gasteiger partial charge in [0.1, 0.15) is 50.0 Å². The minimum Gasteiger partial charge on any atom is -0.480 e. The molecule has 0 radical (unpaired) electrons. The van der Waals surface area contributed by atoms with Gasteiger partial charge in [-0.25, -0.2) is 0 Å². The maximum atomic E-state index is 13.6. The van der Waals surface area contributed by atoms with Gasteiger partial charge >= 0.3 is 11.9 Å². The first-order valence-corrected chi connectivity index (χ1v) is 25.4. The number of rotatable bonds is 48. The molecule has 0 aromatic carbocycles. The second kappa shape index (κ2) is 44.6. The van der Waals surface area contributed by atoms with Crippen LogP contribution in [0.4, 0.5) is 0 Å². The third-order valence-corrected chi connectivity index (χ3v) is 10.3. The highest BCUT2D eigenvalue weighted by Crippen LogP contribution is 2.04. The SMILES string of the molecule is CCCC[C@H](NC(=O)[C@H](CNC(=O)CN(CC(=O)O)CC(=O)O)NC(=O)[C@H](CO)NC(=O)[C@H](CCC(N)=O)NC(=O)[C@H](CO)NC(=O)CNC(=O)COCCOCCNC(=O)COCCOCCNC(=O)COCCC)C(=O)NC. The maximum absolute atomic E-state index is 13.6. The van der Waals surface area contributed by atoms with Crippen LogP contribution in [0.3, 0.4) is 0 Å². The molecule has 5 atom stereocenters. The molecular formula is C46H80N12O22. The number of carbonyl (C=O) groups is 13. The highest BCUT2D eigenvalue weighted by atomic mass is 16.5. The van der Waals surface area contributed by atoms with E-state index in [1.807, 2.05) is 13.8 Å². The molecule has 0 saturated heterocycles. The summed E-state index contributed by atoms with van der Waals surface area (Å²) in [5, 5.41) is 61.6. The van der Waals surface area contributed by atoms with E-state index in [1.165, 1.54) is 7.05 Å². The lowest BCUT2D eigenvalue weighted by molar-refractivity contribution is -0.142. The van der Waals surface area contributed by atoms with E-state index in [9.17, 15) is 72.5 Å². The summed E-state index contributed by atoms with van der Waals surface area (Å²) in [6.07, 6.45) is 0.962. The normalized spacial score (nSPS) is 12.7. The fraction of sp³-hybridized carbons (Fsp3) is 0.717. The zero-order valence-electron chi connectivity index (χ0n) is 45.2. The van der Waals surface area contributed by atoms with E-state index >= 15 is 0 Å². The number of amides is 11. The Bertz CT molecular complexity index is 1970. The fourth-order valence-corrected chi connectivity index (χ4v) is 6.30. The van der Waals surface area contributed by atoms with Crippen molar-refractivity contribution in [3.8, 4) is 0 Å². The standard InChI is InChI=1S/C46H80N12O22/c1-4-6-7-29(42(71)48-3)54-44(73)31(19-51-36(63)21-58(22-40(67)68)23-41(69)70)56-46(75)33(25-60)57-43(72)30(8-9-34(47)61)55-45(74)32(24-59)53-35(62)20-52-39(66)28-80-18-16-77-14-11-50-38(65)27-79-17-15-76-13-10-49-37(64)26-78-12-5-2/h29-33,59-60H,4-28H2,1-3H3,(H2,47,61)(H,48,71)(H,49,64)(H,50,65)(H,51,63)(H,52,66)(H,53,62)(H,54,73)(H,55,74)(H,56,75)(H,57,72)(H,67,68)(H,69,70)/t29-,30-,31-,32-,33-/m0/s1. The van der Waals surface area contributed by atoms with Crippen molar-refractivity contribution in [2.45, 2.75) is 82.6 Å². The van der Waals surface area contributed by atoms with Crippen molar-refractivity contribution >= 4 is 76.9 Å². The number of carboxylic acid groups (broad SMARTS) is 2. The van der Waals surface area contributed by atoms with Gasteiger partial charge in [0.15, 0.2) is 0 Å². The summed E-state index contributed by atoms with van der Waals surface area (Å²) in [4.78, 5) is 163. The summed E-state index contributed by atoms with van der Waals surface area (Å²) >= 11 is 0. The third-order valence-electron chi connectivity index (χ3n) is 10.3. The molecule has 34 nitrogen and oxygen atoms in total. The molecule has 0 aliphatic rings. The Hall–Kier alpha value is -7.21. The van der Waals surface area contributed by atoms with Gasteiger partial charge in [-0.2, -0.15) is 0 Å². The largest absolute Gasteiger partial charge is 0.480 e. The summed E-state index contributed by atoms with van der Waals surface area (Å²) in [6, 6.07) is -8.32. The summed E-state index contributed by atoms with van der Waals surface area (Å²) in [7, 11) is 1.30. The van der Waals surface area contributed by atoms with Gasteiger partial charge < -0.3 is 103 Å². The smallest absolute Gasteiger partial charge is 0.317 e. The minimum absolute atomic E-state index is 0.0193. The van der Waals surface area contributed by atoms with Crippen molar-refractivity contribution in [3.05, 3.63) is 0 Å². The van der Waals surface area contributed by atoms with Crippen LogP contribution < -0.4 is 58.9 Å². The number of nitrogens with one attached hydrogen (secondary N) is 10. The Balaban J connectivity index is 5.27. The summed E-state index contributed by atoms with van der Waals surface area (Å²) < 4.78 is 26.2. The molecule has 0 aliphatic heterocycles. The van der Waals surface area contributed by atoms with Crippen molar-refractivity contribution in [2.24, 2.45) is 5.73 Å². The first kappa shape index (κ1) is 72.8. The predicted octanol–water partition coefficient (Wildman–Crippen LogP) is -8.97. The van der Waals surface area contributed by atoms with Crippen molar-refractivity contribution in [1.29, 1.82) is 0 Å². The maximum Gasteiger partial charge on any atom is 0.317 e. The molecular weight excluding hydrogens is 1070 g/mol. The molecule has 0 unspecified atom stereocenters. The van der Waals surface area contributed by atoms with Crippen molar-refractivity contribution in [2.75, 3.05) is 132 Å². The number of primary amides is 1. The van der Waals surface area contributed by atoms with Crippen LogP contribution in [0.1, 0.15) is 52.4 Å². The van der Waals surface area contributed by atoms with Crippen LogP contribution in [0.5, 0.6) is 0 Å². The van der Waals surface area contributed by atoms with E-state index in [2.05, 4.69) is 53.2 Å². The number of nitrogens with zero attached hydrogens (tertiary/aromatic N) is 1. The zero-order chi connectivity index (χ0) is 60.3. The fourth-order valence-electron chi connectivity index (χ4n) is 6.30. The third kappa shape index (κ3) is 36.8. The number of ether oxygens (including phenoxy) is 5. The van der Waals surface area contributed by atoms with Gasteiger partial charge in [0.05, 0.1) is 79.0 Å². The summed E-state index contributed by atoms with van der Waals surface area (Å²) in [5.74, 6) is -12.6. The van der Waals surface area contributed by atoms with E-state index in [0.29, 0.717) is 26.0 Å². The Morgan fingerprint density at radius 3 is 1.38 bits per heavy atom. The number of nitrogens with two attached hydrogens (primary N) is 1. The number of aliphatic carboxylic acids is 2. The van der Waals surface area contributed by atoms with E-state index in [4.69, 9.17) is 39.6 Å². The van der Waals surface area contributed by atoms with E-state index in [0.717, 1.165) is 11.3 Å². The number of unbranched alkanes of at least 4 members (excludes halogenated alkanes) is 1. The van der Waals surface area contributed by atoms with Gasteiger partial charge in [-0.3, -0.25) is 67.2 Å². The first-order chi connectivity index (χ1) is 38.1. The van der Waals surface area contributed by atoms with Gasteiger partial charge in [-0.15, -0.1) is 0 Å². The lowest BCUT2D eigenvalue weighted by Crippen LogP contribution is -2.62. The van der Waals surface area contributed by atoms with Gasteiger partial charge in [0.2, 0.25) is 65.0 Å². The lowest BCUT2D eigenvalue weighted by atomic mass is 10.1. The van der Waals surface area contributed by atoms with Gasteiger partial charge in [-0.05, 0) is 19.3 Å². The first-order valence-electron chi connectivity index (χ1n) is 25.4. The summed E-state index contributed by atoms with van der Waals surface area (Å²) in [6.45, 7) is -1.55. The molecule has 0 saturated carbocycles. The van der Waals surface area contributed by atoms with Crippen LogP contribution >= 0.6 is 0 Å². The molecule has 16 N–H and O–H groups in total. The van der Waals surface area contributed by atoms with Gasteiger partial charge in [0, 0.05) is 39.7 Å². The second-order valence-corrected chi connectivity index (χ2v) is 17.1. The minimum atomic E-state index is -1.92. The molecule has 0 spiro atoms.